The number of thiol groups is 1. The Bertz CT molecular complexity index is 783. The molecule has 0 bridgehead atoms. The molecule has 0 spiro atoms. The Morgan fingerprint density at radius 2 is 2.00 bits per heavy atom. The lowest BCUT2D eigenvalue weighted by Crippen LogP contribution is -2.30. The second kappa shape index (κ2) is 11.2. The summed E-state index contributed by atoms with van der Waals surface area (Å²) in [6, 6.07) is 6.31. The minimum Gasteiger partial charge on any atom is -0.389 e. The molecule has 6 heteroatoms. The fraction of sp³-hybridized carbons (Fsp3) is 0.435. The van der Waals surface area contributed by atoms with E-state index in [2.05, 4.69) is 61.1 Å². The zero-order chi connectivity index (χ0) is 21.3. The first-order chi connectivity index (χ1) is 14.0. The summed E-state index contributed by atoms with van der Waals surface area (Å²) in [6.07, 6.45) is 9.35. The van der Waals surface area contributed by atoms with Crippen molar-refractivity contribution < 1.29 is 4.39 Å². The summed E-state index contributed by atoms with van der Waals surface area (Å²) in [6.45, 7) is 8.22. The van der Waals surface area contributed by atoms with E-state index in [1.807, 2.05) is 0 Å². The third kappa shape index (κ3) is 6.47. The highest BCUT2D eigenvalue weighted by Gasteiger charge is 2.34. The molecule has 0 radical (unpaired) electrons. The molecule has 158 valence electrons. The molecular weight excluding hydrogens is 383 g/mol. The Morgan fingerprint density at radius 1 is 1.28 bits per heavy atom. The lowest BCUT2D eigenvalue weighted by Gasteiger charge is -2.38. The molecule has 2 rings (SSSR count). The predicted octanol–water partition coefficient (Wildman–Crippen LogP) is 5.60. The van der Waals surface area contributed by atoms with Gasteiger partial charge in [-0.2, -0.15) is 0 Å². The van der Waals surface area contributed by atoms with Gasteiger partial charge in [-0.1, -0.05) is 38.3 Å². The monoisotopic (exact) mass is 416 g/mol. The van der Waals surface area contributed by atoms with Crippen molar-refractivity contribution in [3.63, 3.8) is 0 Å². The van der Waals surface area contributed by atoms with E-state index in [-0.39, 0.29) is 11.2 Å². The number of hydrogen-bond acceptors (Lipinski definition) is 5. The van der Waals surface area contributed by atoms with Crippen LogP contribution in [0.4, 0.5) is 10.1 Å². The van der Waals surface area contributed by atoms with Crippen LogP contribution in [0, 0.1) is 16.6 Å². The smallest absolute Gasteiger partial charge is 0.123 e. The van der Waals surface area contributed by atoms with Gasteiger partial charge in [0.25, 0.3) is 0 Å². The largest absolute Gasteiger partial charge is 0.389 e. The topological polar surface area (TPSA) is 59.9 Å². The molecule has 1 aliphatic rings. The SMILES string of the molecule is C/C=C(/CC1(C)CC(C=N)=C(Nc2ccc(F)cc2)C=C1CCNS)NCCC. The van der Waals surface area contributed by atoms with Crippen LogP contribution < -0.4 is 15.4 Å². The molecule has 0 amide bonds. The van der Waals surface area contributed by atoms with Crippen molar-refractivity contribution in [2.75, 3.05) is 18.4 Å². The van der Waals surface area contributed by atoms with Crippen LogP contribution in [0.1, 0.15) is 46.5 Å². The van der Waals surface area contributed by atoms with Gasteiger partial charge in [0.2, 0.25) is 0 Å². The van der Waals surface area contributed by atoms with Gasteiger partial charge >= 0.3 is 0 Å². The first-order valence-electron chi connectivity index (χ1n) is 10.2. The van der Waals surface area contributed by atoms with E-state index in [1.165, 1.54) is 29.6 Å². The quantitative estimate of drug-likeness (QED) is 0.241. The maximum absolute atomic E-state index is 13.2. The van der Waals surface area contributed by atoms with Crippen LogP contribution in [0.25, 0.3) is 0 Å². The zero-order valence-corrected chi connectivity index (χ0v) is 18.5. The van der Waals surface area contributed by atoms with E-state index in [0.717, 1.165) is 55.7 Å². The Hall–Kier alpha value is -2.05. The Kier molecular flexibility index (Phi) is 8.99. The molecule has 1 aliphatic carbocycles. The van der Waals surface area contributed by atoms with Crippen molar-refractivity contribution in [3.05, 3.63) is 64.8 Å². The maximum Gasteiger partial charge on any atom is 0.123 e. The van der Waals surface area contributed by atoms with E-state index < -0.39 is 0 Å². The molecule has 4 N–H and O–H groups in total. The summed E-state index contributed by atoms with van der Waals surface area (Å²) in [5.41, 5.74) is 5.12. The van der Waals surface area contributed by atoms with E-state index in [4.69, 9.17) is 5.41 Å². The molecule has 1 unspecified atom stereocenters. The average molecular weight is 417 g/mol. The molecule has 1 aromatic rings. The van der Waals surface area contributed by atoms with Gasteiger partial charge in [0.15, 0.2) is 0 Å². The number of rotatable bonds is 11. The highest BCUT2D eigenvalue weighted by molar-refractivity contribution is 7.78. The van der Waals surface area contributed by atoms with Gasteiger partial charge in [0, 0.05) is 36.4 Å². The number of hydrogen-bond donors (Lipinski definition) is 5. The Balaban J connectivity index is 2.33. The fourth-order valence-electron chi connectivity index (χ4n) is 3.72. The van der Waals surface area contributed by atoms with Crippen LogP contribution in [0.3, 0.4) is 0 Å². The van der Waals surface area contributed by atoms with Gasteiger partial charge in [-0.05, 0) is 73.9 Å². The van der Waals surface area contributed by atoms with Gasteiger partial charge in [-0.25, -0.2) is 4.39 Å². The van der Waals surface area contributed by atoms with Crippen LogP contribution in [-0.4, -0.2) is 19.3 Å². The van der Waals surface area contributed by atoms with Gasteiger partial charge in [-0.3, -0.25) is 4.72 Å². The molecular formula is C23H33FN4S. The first kappa shape index (κ1) is 23.2. The molecule has 0 heterocycles. The van der Waals surface area contributed by atoms with E-state index in [0.29, 0.717) is 0 Å². The van der Waals surface area contributed by atoms with E-state index in [9.17, 15) is 4.39 Å². The highest BCUT2D eigenvalue weighted by atomic mass is 32.1. The van der Waals surface area contributed by atoms with Gasteiger partial charge in [-0.15, -0.1) is 0 Å². The third-order valence-corrected chi connectivity index (χ3v) is 5.58. The van der Waals surface area contributed by atoms with E-state index >= 15 is 0 Å². The average Bonchev–Trinajstić information content (AvgIpc) is 2.72. The maximum atomic E-state index is 13.2. The normalized spacial score (nSPS) is 19.8. The number of anilines is 1. The summed E-state index contributed by atoms with van der Waals surface area (Å²) in [7, 11) is 0. The number of halogens is 1. The number of benzene rings is 1. The molecule has 1 atom stereocenters. The van der Waals surface area contributed by atoms with Crippen molar-refractivity contribution in [2.24, 2.45) is 5.41 Å². The first-order valence-corrected chi connectivity index (χ1v) is 10.6. The zero-order valence-electron chi connectivity index (χ0n) is 17.6. The minimum absolute atomic E-state index is 0.0892. The molecule has 0 saturated carbocycles. The van der Waals surface area contributed by atoms with Crippen molar-refractivity contribution in [1.29, 1.82) is 5.41 Å². The molecule has 0 aromatic heterocycles. The minimum atomic E-state index is -0.262. The third-order valence-electron chi connectivity index (χ3n) is 5.36. The summed E-state index contributed by atoms with van der Waals surface area (Å²) in [4.78, 5) is 0. The van der Waals surface area contributed by atoms with Crippen LogP contribution in [0.2, 0.25) is 0 Å². The van der Waals surface area contributed by atoms with Gasteiger partial charge in [0.05, 0.1) is 0 Å². The standard InChI is InChI=1S/C23H33FN4S/c1-4-11-26-20(5-2)15-23(3)14-17(16-25)22(13-18(23)10-12-27-29)28-21-8-6-19(24)7-9-21/h5-9,13,16,25-29H,4,10-12,14-15H2,1-3H3/b20-5-,25-16?. The van der Waals surface area contributed by atoms with Crippen LogP contribution in [0.5, 0.6) is 0 Å². The second-order valence-electron chi connectivity index (χ2n) is 7.70. The lowest BCUT2D eigenvalue weighted by atomic mass is 9.69. The Morgan fingerprint density at radius 3 is 2.59 bits per heavy atom. The van der Waals surface area contributed by atoms with Gasteiger partial charge in [0.1, 0.15) is 5.82 Å². The molecule has 1 aromatic carbocycles. The molecule has 0 fully saturated rings. The summed E-state index contributed by atoms with van der Waals surface area (Å²) < 4.78 is 16.2. The number of nitrogens with one attached hydrogen (secondary N) is 4. The van der Waals surface area contributed by atoms with Crippen LogP contribution in [-0.2, 0) is 0 Å². The predicted molar refractivity (Wildman–Crippen MR) is 125 cm³/mol. The summed E-state index contributed by atoms with van der Waals surface area (Å²) in [5.74, 6) is -0.262. The lowest BCUT2D eigenvalue weighted by molar-refractivity contribution is 0.365. The molecule has 4 nitrogen and oxygen atoms in total. The second-order valence-corrected chi connectivity index (χ2v) is 8.01. The van der Waals surface area contributed by atoms with Crippen molar-refractivity contribution in [3.8, 4) is 0 Å². The number of allylic oxidation sites excluding steroid dienone is 4. The van der Waals surface area contributed by atoms with Crippen LogP contribution >= 0.6 is 12.8 Å². The molecule has 0 aliphatic heterocycles. The van der Waals surface area contributed by atoms with Crippen LogP contribution in [0.15, 0.2) is 59.0 Å². The van der Waals surface area contributed by atoms with Crippen molar-refractivity contribution >= 4 is 24.7 Å². The fourth-order valence-corrected chi connectivity index (χ4v) is 3.83. The summed E-state index contributed by atoms with van der Waals surface area (Å²) in [5, 5.41) is 14.9. The van der Waals surface area contributed by atoms with Crippen molar-refractivity contribution in [1.82, 2.24) is 10.0 Å². The molecule has 29 heavy (non-hydrogen) atoms. The molecule has 0 saturated heterocycles. The van der Waals surface area contributed by atoms with Gasteiger partial charge < -0.3 is 16.0 Å². The highest BCUT2D eigenvalue weighted by Crippen LogP contribution is 2.45. The Labute approximate surface area is 179 Å². The summed E-state index contributed by atoms with van der Waals surface area (Å²) >= 11 is 4.16. The van der Waals surface area contributed by atoms with Crippen molar-refractivity contribution in [2.45, 2.75) is 46.5 Å². The van der Waals surface area contributed by atoms with E-state index in [1.54, 1.807) is 12.1 Å².